The largest absolute Gasteiger partial charge is 0.490 e. The third-order valence-electron chi connectivity index (χ3n) is 5.06. The summed E-state index contributed by atoms with van der Waals surface area (Å²) in [6.45, 7) is 4.64. The molecule has 12 heteroatoms. The van der Waals surface area contributed by atoms with Gasteiger partial charge >= 0.3 is 12.1 Å². The van der Waals surface area contributed by atoms with Gasteiger partial charge < -0.3 is 10.0 Å². The van der Waals surface area contributed by atoms with Gasteiger partial charge in [-0.3, -0.25) is 9.69 Å². The maximum atomic E-state index is 12.4. The number of likely N-dealkylation sites (tertiary alicyclic amines) is 2. The molecular formula is C18H21F3N4O3S2. The molecule has 0 saturated carbocycles. The molecule has 0 unspecified atom stereocenters. The number of aryl methyl sites for hydroxylation is 1. The molecule has 2 aliphatic rings. The first-order valence-corrected chi connectivity index (χ1v) is 11.0. The van der Waals surface area contributed by atoms with Crippen molar-refractivity contribution in [3.05, 3.63) is 32.7 Å². The topological polar surface area (TPSA) is 86.6 Å². The van der Waals surface area contributed by atoms with E-state index in [-0.39, 0.29) is 5.91 Å². The summed E-state index contributed by atoms with van der Waals surface area (Å²) in [6, 6.07) is 0.801. The fourth-order valence-corrected chi connectivity index (χ4v) is 5.04. The van der Waals surface area contributed by atoms with Crippen molar-refractivity contribution in [3.8, 4) is 0 Å². The number of carboxylic acid groups (broad SMARTS) is 1. The van der Waals surface area contributed by atoms with E-state index in [2.05, 4.69) is 25.1 Å². The highest BCUT2D eigenvalue weighted by atomic mass is 32.1. The highest BCUT2D eigenvalue weighted by molar-refractivity contribution is 7.09. The predicted molar refractivity (Wildman–Crippen MR) is 105 cm³/mol. The Morgan fingerprint density at radius 1 is 1.27 bits per heavy atom. The van der Waals surface area contributed by atoms with E-state index in [0.29, 0.717) is 25.0 Å². The number of carboxylic acids is 1. The summed E-state index contributed by atoms with van der Waals surface area (Å²) in [7, 11) is 0. The van der Waals surface area contributed by atoms with Crippen LogP contribution in [0, 0.1) is 6.92 Å². The molecule has 0 radical (unpaired) electrons. The monoisotopic (exact) mass is 462 g/mol. The van der Waals surface area contributed by atoms with Gasteiger partial charge in [-0.1, -0.05) is 0 Å². The molecule has 2 atom stereocenters. The van der Waals surface area contributed by atoms with Crippen molar-refractivity contribution in [3.63, 3.8) is 0 Å². The van der Waals surface area contributed by atoms with E-state index >= 15 is 0 Å². The van der Waals surface area contributed by atoms with Crippen molar-refractivity contribution in [1.29, 1.82) is 0 Å². The number of piperidine rings is 1. The minimum atomic E-state index is -5.08. The van der Waals surface area contributed by atoms with E-state index in [1.807, 2.05) is 18.5 Å². The van der Waals surface area contributed by atoms with Crippen LogP contribution < -0.4 is 0 Å². The van der Waals surface area contributed by atoms with Crippen molar-refractivity contribution >= 4 is 34.6 Å². The van der Waals surface area contributed by atoms with E-state index in [1.54, 1.807) is 22.7 Å². The van der Waals surface area contributed by atoms with E-state index in [9.17, 15) is 18.0 Å². The van der Waals surface area contributed by atoms with Crippen LogP contribution in [0.25, 0.3) is 0 Å². The number of carbonyl (C=O) groups excluding carboxylic acids is 1. The fraction of sp³-hybridized carbons (Fsp3) is 0.556. The maximum absolute atomic E-state index is 12.4. The number of thiazole rings is 2. The number of rotatable bonds is 4. The van der Waals surface area contributed by atoms with Gasteiger partial charge in [0.05, 0.1) is 23.8 Å². The number of hydrogen-bond donors (Lipinski definition) is 1. The van der Waals surface area contributed by atoms with Gasteiger partial charge in [-0.2, -0.15) is 13.2 Å². The van der Waals surface area contributed by atoms with E-state index in [0.717, 1.165) is 36.6 Å². The number of hydrogen-bond acceptors (Lipinski definition) is 7. The van der Waals surface area contributed by atoms with Crippen LogP contribution in [0.5, 0.6) is 0 Å². The number of alkyl halides is 3. The van der Waals surface area contributed by atoms with Crippen molar-refractivity contribution in [2.24, 2.45) is 0 Å². The molecule has 4 heterocycles. The summed E-state index contributed by atoms with van der Waals surface area (Å²) in [5, 5.41) is 13.5. The molecule has 0 aliphatic carbocycles. The minimum absolute atomic E-state index is 0.285. The number of halogens is 3. The van der Waals surface area contributed by atoms with E-state index in [1.165, 1.54) is 5.01 Å². The Hall–Kier alpha value is -2.05. The predicted octanol–water partition coefficient (Wildman–Crippen LogP) is 3.31. The number of aliphatic carboxylic acids is 1. The summed E-state index contributed by atoms with van der Waals surface area (Å²) < 4.78 is 31.7. The van der Waals surface area contributed by atoms with E-state index in [4.69, 9.17) is 9.90 Å². The second-order valence-electron chi connectivity index (χ2n) is 7.04. The lowest BCUT2D eigenvalue weighted by Crippen LogP contribution is -2.51. The van der Waals surface area contributed by atoms with E-state index < -0.39 is 12.1 Å². The molecule has 2 aromatic rings. The summed E-state index contributed by atoms with van der Waals surface area (Å²) in [5.74, 6) is -2.47. The molecule has 2 fully saturated rings. The Morgan fingerprint density at radius 3 is 2.57 bits per heavy atom. The quantitative estimate of drug-likeness (QED) is 0.750. The molecular weight excluding hydrogens is 441 g/mol. The van der Waals surface area contributed by atoms with Crippen LogP contribution in [0.2, 0.25) is 0 Å². The van der Waals surface area contributed by atoms with Crippen molar-refractivity contribution in [2.45, 2.75) is 57.5 Å². The van der Waals surface area contributed by atoms with Crippen molar-refractivity contribution < 1.29 is 27.9 Å². The number of fused-ring (bicyclic) bond motifs is 1. The Morgan fingerprint density at radius 2 is 2.00 bits per heavy atom. The molecule has 7 nitrogen and oxygen atoms in total. The zero-order valence-corrected chi connectivity index (χ0v) is 17.8. The maximum Gasteiger partial charge on any atom is 0.490 e. The first kappa shape index (κ1) is 22.6. The number of nitrogens with zero attached hydrogens (tertiary/aromatic N) is 4. The smallest absolute Gasteiger partial charge is 0.475 e. The zero-order chi connectivity index (χ0) is 21.9. The average Bonchev–Trinajstić information content (AvgIpc) is 3.40. The zero-order valence-electron chi connectivity index (χ0n) is 16.1. The molecule has 0 aromatic carbocycles. The standard InChI is InChI=1S/C16H20N4OS2.C2HF3O2/c1-11-18-12(10-23-11)8-20-14-4-6-19(9-15-17-5-7-22-15)13(14)2-3-16(20)21;3-2(4,5)1(6)7/h5,7,10,13-14H,2-4,6,8-9H2,1H3;(H,6,7)/t13-,14-;/m1./s1. The highest BCUT2D eigenvalue weighted by Gasteiger charge is 2.43. The van der Waals surface area contributed by atoms with Gasteiger partial charge in [0.1, 0.15) is 5.01 Å². The molecule has 0 spiro atoms. The molecule has 0 bridgehead atoms. The molecule has 1 amide bonds. The van der Waals surface area contributed by atoms with Gasteiger partial charge in [-0.05, 0) is 19.8 Å². The van der Waals surface area contributed by atoms with Gasteiger partial charge in [0, 0.05) is 42.0 Å². The second kappa shape index (κ2) is 9.40. The Bertz CT molecular complexity index is 872. The molecule has 2 aromatic heterocycles. The summed E-state index contributed by atoms with van der Waals surface area (Å²) in [6.07, 6.45) is -0.528. The first-order chi connectivity index (χ1) is 14.1. The Balaban J connectivity index is 0.000000318. The average molecular weight is 463 g/mol. The summed E-state index contributed by atoms with van der Waals surface area (Å²) in [5.41, 5.74) is 1.03. The lowest BCUT2D eigenvalue weighted by molar-refractivity contribution is -0.192. The van der Waals surface area contributed by atoms with Crippen molar-refractivity contribution in [1.82, 2.24) is 19.8 Å². The van der Waals surface area contributed by atoms with Gasteiger partial charge in [0.15, 0.2) is 0 Å². The summed E-state index contributed by atoms with van der Waals surface area (Å²) >= 11 is 3.37. The van der Waals surface area contributed by atoms with Crippen molar-refractivity contribution in [2.75, 3.05) is 6.54 Å². The van der Waals surface area contributed by atoms with Crippen LogP contribution in [-0.4, -0.2) is 61.6 Å². The van der Waals surface area contributed by atoms with Gasteiger partial charge in [-0.15, -0.1) is 22.7 Å². The van der Waals surface area contributed by atoms with Crippen LogP contribution in [0.1, 0.15) is 35.0 Å². The Labute approximate surface area is 179 Å². The van der Waals surface area contributed by atoms with Crippen LogP contribution in [0.3, 0.4) is 0 Å². The molecule has 2 aliphatic heterocycles. The van der Waals surface area contributed by atoms with Crippen LogP contribution in [0.15, 0.2) is 17.0 Å². The molecule has 4 rings (SSSR count). The Kier molecular flexibility index (Phi) is 7.09. The summed E-state index contributed by atoms with van der Waals surface area (Å²) in [4.78, 5) is 34.9. The fourth-order valence-electron chi connectivity index (χ4n) is 3.80. The third kappa shape index (κ3) is 5.55. The first-order valence-electron chi connectivity index (χ1n) is 9.28. The van der Waals surface area contributed by atoms with Crippen LogP contribution >= 0.6 is 22.7 Å². The molecule has 30 heavy (non-hydrogen) atoms. The highest BCUT2D eigenvalue weighted by Crippen LogP contribution is 2.33. The number of aromatic nitrogens is 2. The number of carbonyl (C=O) groups is 2. The lowest BCUT2D eigenvalue weighted by Gasteiger charge is -2.39. The molecule has 164 valence electrons. The number of amides is 1. The lowest BCUT2D eigenvalue weighted by atomic mass is 9.96. The van der Waals surface area contributed by atoms with Crippen LogP contribution in [0.4, 0.5) is 13.2 Å². The normalized spacial score (nSPS) is 21.9. The van der Waals surface area contributed by atoms with Gasteiger partial charge in [-0.25, -0.2) is 14.8 Å². The third-order valence-corrected chi connectivity index (χ3v) is 6.65. The molecule has 2 saturated heterocycles. The SMILES string of the molecule is Cc1nc(CN2C(=O)CC[C@@H]3[C@H]2CCN3Cc2nccs2)cs1.O=C(O)C(F)(F)F. The second-order valence-corrected chi connectivity index (χ2v) is 9.08. The van der Waals surface area contributed by atoms with Gasteiger partial charge in [0.2, 0.25) is 5.91 Å². The minimum Gasteiger partial charge on any atom is -0.475 e. The van der Waals surface area contributed by atoms with Gasteiger partial charge in [0.25, 0.3) is 0 Å². The van der Waals surface area contributed by atoms with Crippen LogP contribution in [-0.2, 0) is 22.7 Å². The molecule has 1 N–H and O–H groups in total.